The van der Waals surface area contributed by atoms with E-state index < -0.39 is 0 Å². The maximum Gasteiger partial charge on any atom is 0.251 e. The van der Waals surface area contributed by atoms with Crippen LogP contribution in [0.15, 0.2) is 23.3 Å². The summed E-state index contributed by atoms with van der Waals surface area (Å²) in [6, 6.07) is 0. The van der Waals surface area contributed by atoms with Gasteiger partial charge >= 0.3 is 0 Å². The first-order valence-electron chi connectivity index (χ1n) is 6.35. The molecule has 1 aliphatic heterocycles. The van der Waals surface area contributed by atoms with Crippen LogP contribution in [0, 0.1) is 11.8 Å². The smallest absolute Gasteiger partial charge is 0.251 e. The van der Waals surface area contributed by atoms with Crippen molar-refractivity contribution in [2.24, 2.45) is 11.8 Å². The van der Waals surface area contributed by atoms with Crippen molar-refractivity contribution in [3.63, 3.8) is 0 Å². The molecule has 0 bridgehead atoms. The molecule has 0 spiro atoms. The number of rotatable bonds is 2. The molecule has 2 rings (SSSR count). The van der Waals surface area contributed by atoms with Crippen LogP contribution < -0.4 is 5.32 Å². The SMILES string of the molecule is C/C=C1/CCNC(=O)/C1=C/C1C(C)CC1OC. The molecule has 0 radical (unpaired) electrons. The Bertz CT molecular complexity index is 370. The number of ether oxygens (including phenoxy) is 1. The Labute approximate surface area is 103 Å². The average Bonchev–Trinajstić information content (AvgIpc) is 2.33. The molecule has 0 aromatic rings. The van der Waals surface area contributed by atoms with Crippen molar-refractivity contribution in [3.05, 3.63) is 23.3 Å². The zero-order valence-corrected chi connectivity index (χ0v) is 10.8. The summed E-state index contributed by atoms with van der Waals surface area (Å²) >= 11 is 0. The van der Waals surface area contributed by atoms with E-state index in [-0.39, 0.29) is 12.0 Å². The Morgan fingerprint density at radius 1 is 1.47 bits per heavy atom. The van der Waals surface area contributed by atoms with Gasteiger partial charge in [0.15, 0.2) is 0 Å². The fraction of sp³-hybridized carbons (Fsp3) is 0.643. The highest BCUT2D eigenvalue weighted by atomic mass is 16.5. The van der Waals surface area contributed by atoms with E-state index in [0.29, 0.717) is 11.8 Å². The lowest BCUT2D eigenvalue weighted by atomic mass is 9.70. The van der Waals surface area contributed by atoms with Gasteiger partial charge in [0.05, 0.1) is 6.10 Å². The fourth-order valence-electron chi connectivity index (χ4n) is 2.74. The monoisotopic (exact) mass is 235 g/mol. The Morgan fingerprint density at radius 2 is 2.24 bits per heavy atom. The summed E-state index contributed by atoms with van der Waals surface area (Å²) in [6.07, 6.45) is 6.48. The van der Waals surface area contributed by atoms with E-state index in [1.165, 1.54) is 5.57 Å². The van der Waals surface area contributed by atoms with Gasteiger partial charge in [-0.25, -0.2) is 0 Å². The number of nitrogens with one attached hydrogen (secondary N) is 1. The van der Waals surface area contributed by atoms with Gasteiger partial charge in [-0.1, -0.05) is 19.1 Å². The number of hydrogen-bond donors (Lipinski definition) is 1. The van der Waals surface area contributed by atoms with Gasteiger partial charge in [0.1, 0.15) is 0 Å². The fourth-order valence-corrected chi connectivity index (χ4v) is 2.74. The van der Waals surface area contributed by atoms with Crippen LogP contribution >= 0.6 is 0 Å². The van der Waals surface area contributed by atoms with Crippen LogP contribution in [0.3, 0.4) is 0 Å². The van der Waals surface area contributed by atoms with Gasteiger partial charge in [-0.05, 0) is 31.3 Å². The third-order valence-corrected chi connectivity index (χ3v) is 3.97. The molecule has 1 amide bonds. The highest BCUT2D eigenvalue weighted by Crippen LogP contribution is 2.39. The van der Waals surface area contributed by atoms with E-state index in [9.17, 15) is 4.79 Å². The van der Waals surface area contributed by atoms with Crippen LogP contribution in [0.2, 0.25) is 0 Å². The van der Waals surface area contributed by atoms with Crippen LogP contribution in [0.25, 0.3) is 0 Å². The van der Waals surface area contributed by atoms with Crippen LogP contribution in [0.5, 0.6) is 0 Å². The molecule has 17 heavy (non-hydrogen) atoms. The number of carbonyl (C=O) groups excluding carboxylic acids is 1. The maximum atomic E-state index is 11.9. The van der Waals surface area contributed by atoms with Crippen LogP contribution in [-0.2, 0) is 9.53 Å². The predicted molar refractivity (Wildman–Crippen MR) is 67.5 cm³/mol. The lowest BCUT2D eigenvalue weighted by Crippen LogP contribution is -2.41. The predicted octanol–water partition coefficient (Wildman–Crippen LogP) is 2.05. The topological polar surface area (TPSA) is 38.3 Å². The molecule has 1 saturated heterocycles. The molecule has 3 unspecified atom stereocenters. The number of allylic oxidation sites excluding steroid dienone is 1. The second-order valence-corrected chi connectivity index (χ2v) is 4.96. The molecule has 1 heterocycles. The van der Waals surface area contributed by atoms with Gasteiger partial charge in [-0.3, -0.25) is 4.79 Å². The molecule has 0 aromatic carbocycles. The summed E-state index contributed by atoms with van der Waals surface area (Å²) in [5.41, 5.74) is 2.03. The maximum absolute atomic E-state index is 11.9. The zero-order valence-electron chi connectivity index (χ0n) is 10.8. The molecular weight excluding hydrogens is 214 g/mol. The van der Waals surface area contributed by atoms with E-state index in [1.807, 2.05) is 6.92 Å². The molecule has 94 valence electrons. The number of piperidine rings is 1. The summed E-state index contributed by atoms with van der Waals surface area (Å²) in [6.45, 7) is 4.97. The van der Waals surface area contributed by atoms with Crippen molar-refractivity contribution in [2.45, 2.75) is 32.8 Å². The summed E-state index contributed by atoms with van der Waals surface area (Å²) < 4.78 is 5.42. The van der Waals surface area contributed by atoms with E-state index in [2.05, 4.69) is 24.4 Å². The van der Waals surface area contributed by atoms with Gasteiger partial charge in [0, 0.05) is 25.1 Å². The van der Waals surface area contributed by atoms with Gasteiger partial charge in [-0.2, -0.15) is 0 Å². The third-order valence-electron chi connectivity index (χ3n) is 3.97. The van der Waals surface area contributed by atoms with E-state index >= 15 is 0 Å². The van der Waals surface area contributed by atoms with Crippen molar-refractivity contribution in [1.82, 2.24) is 5.32 Å². The zero-order chi connectivity index (χ0) is 12.4. The summed E-state index contributed by atoms with van der Waals surface area (Å²) in [7, 11) is 1.75. The number of amides is 1. The van der Waals surface area contributed by atoms with Gasteiger partial charge in [-0.15, -0.1) is 0 Å². The minimum Gasteiger partial charge on any atom is -0.381 e. The third kappa shape index (κ3) is 2.29. The molecular formula is C14H21NO2. The molecule has 1 aliphatic carbocycles. The molecule has 3 atom stereocenters. The first-order valence-corrected chi connectivity index (χ1v) is 6.35. The molecule has 2 fully saturated rings. The molecule has 3 heteroatoms. The molecule has 0 aromatic heterocycles. The first-order chi connectivity index (χ1) is 8.17. The number of methoxy groups -OCH3 is 1. The minimum absolute atomic E-state index is 0.0679. The average molecular weight is 235 g/mol. The Balaban J connectivity index is 2.20. The number of hydrogen-bond acceptors (Lipinski definition) is 2. The van der Waals surface area contributed by atoms with E-state index in [1.54, 1.807) is 7.11 Å². The first kappa shape index (κ1) is 12.4. The Kier molecular flexibility index (Phi) is 3.67. The van der Waals surface area contributed by atoms with E-state index in [0.717, 1.165) is 25.0 Å². The summed E-state index contributed by atoms with van der Waals surface area (Å²) in [5.74, 6) is 1.06. The largest absolute Gasteiger partial charge is 0.381 e. The van der Waals surface area contributed by atoms with Crippen molar-refractivity contribution in [1.29, 1.82) is 0 Å². The van der Waals surface area contributed by atoms with Gasteiger partial charge in [0.2, 0.25) is 0 Å². The normalized spacial score (nSPS) is 38.1. The highest BCUT2D eigenvalue weighted by molar-refractivity contribution is 5.98. The second-order valence-electron chi connectivity index (χ2n) is 4.96. The van der Waals surface area contributed by atoms with Crippen LogP contribution in [0.1, 0.15) is 26.7 Å². The van der Waals surface area contributed by atoms with Crippen molar-refractivity contribution in [3.8, 4) is 0 Å². The second kappa shape index (κ2) is 5.05. The Hall–Kier alpha value is -1.09. The lowest BCUT2D eigenvalue weighted by molar-refractivity contribution is -0.117. The molecule has 2 aliphatic rings. The van der Waals surface area contributed by atoms with Gasteiger partial charge < -0.3 is 10.1 Å². The van der Waals surface area contributed by atoms with E-state index in [4.69, 9.17) is 4.74 Å². The van der Waals surface area contributed by atoms with Crippen LogP contribution in [0.4, 0.5) is 0 Å². The summed E-state index contributed by atoms with van der Waals surface area (Å²) in [4.78, 5) is 11.9. The molecule has 1 saturated carbocycles. The molecule has 3 nitrogen and oxygen atoms in total. The van der Waals surface area contributed by atoms with Crippen LogP contribution in [-0.4, -0.2) is 25.7 Å². The lowest BCUT2D eigenvalue weighted by Gasteiger charge is -2.41. The molecule has 1 N–H and O–H groups in total. The van der Waals surface area contributed by atoms with Crippen molar-refractivity contribution < 1.29 is 9.53 Å². The van der Waals surface area contributed by atoms with Gasteiger partial charge in [0.25, 0.3) is 5.91 Å². The standard InChI is InChI=1S/C14H21NO2/c1-4-10-5-6-15-14(16)12(10)8-11-9(2)7-13(11)17-3/h4,8-9,11,13H,5-7H2,1-3H3,(H,15,16)/b10-4-,12-8+. The van der Waals surface area contributed by atoms with Crippen molar-refractivity contribution >= 4 is 5.91 Å². The summed E-state index contributed by atoms with van der Waals surface area (Å²) in [5, 5.41) is 2.91. The quantitative estimate of drug-likeness (QED) is 0.744. The minimum atomic E-state index is 0.0679. The van der Waals surface area contributed by atoms with Crippen molar-refractivity contribution in [2.75, 3.05) is 13.7 Å². The highest BCUT2D eigenvalue weighted by Gasteiger charge is 2.37. The Morgan fingerprint density at radius 3 is 2.82 bits per heavy atom. The number of carbonyl (C=O) groups is 1.